The molecule has 3 unspecified atom stereocenters. The van der Waals surface area contributed by atoms with Gasteiger partial charge in [0.2, 0.25) is 0 Å². The maximum absolute atomic E-state index is 6.22. The molecular formula is C25H35N3O2. The highest BCUT2D eigenvalue weighted by atomic mass is 16.5. The third-order valence-corrected chi connectivity index (χ3v) is 7.47. The smallest absolute Gasteiger partial charge is 0.163 e. The zero-order chi connectivity index (χ0) is 20.7. The number of ether oxygens (including phenoxy) is 2. The average molecular weight is 410 g/mol. The maximum atomic E-state index is 6.22. The van der Waals surface area contributed by atoms with Gasteiger partial charge in [-0.25, -0.2) is 0 Å². The summed E-state index contributed by atoms with van der Waals surface area (Å²) < 4.78 is 11.9. The van der Waals surface area contributed by atoms with Crippen LogP contribution in [0.25, 0.3) is 10.9 Å². The van der Waals surface area contributed by atoms with Gasteiger partial charge in [-0.05, 0) is 62.5 Å². The molecular weight excluding hydrogens is 374 g/mol. The van der Waals surface area contributed by atoms with Crippen molar-refractivity contribution in [1.82, 2.24) is 9.88 Å². The number of nitrogens with one attached hydrogen (secondary N) is 1. The highest BCUT2D eigenvalue weighted by Gasteiger charge is 2.35. The van der Waals surface area contributed by atoms with Crippen LogP contribution in [0.3, 0.4) is 0 Å². The highest BCUT2D eigenvalue weighted by molar-refractivity contribution is 5.95. The fraction of sp³-hybridized carbons (Fsp3) is 0.640. The second kappa shape index (κ2) is 8.26. The summed E-state index contributed by atoms with van der Waals surface area (Å²) in [5.41, 5.74) is 4.79. The van der Waals surface area contributed by atoms with Crippen molar-refractivity contribution in [3.05, 3.63) is 23.4 Å². The fourth-order valence-corrected chi connectivity index (χ4v) is 6.08. The first-order chi connectivity index (χ1) is 14.7. The molecule has 0 amide bonds. The number of pyridine rings is 1. The number of aromatic nitrogens is 1. The van der Waals surface area contributed by atoms with Crippen molar-refractivity contribution in [3.63, 3.8) is 0 Å². The van der Waals surface area contributed by atoms with Crippen LogP contribution in [0.5, 0.6) is 11.5 Å². The van der Waals surface area contributed by atoms with Crippen LogP contribution in [0.2, 0.25) is 0 Å². The third kappa shape index (κ3) is 3.51. The van der Waals surface area contributed by atoms with Crippen molar-refractivity contribution in [1.29, 1.82) is 0 Å². The third-order valence-electron chi connectivity index (χ3n) is 7.47. The molecule has 3 atom stereocenters. The summed E-state index contributed by atoms with van der Waals surface area (Å²) in [6.07, 6.45) is 10.2. The van der Waals surface area contributed by atoms with Crippen molar-refractivity contribution < 1.29 is 9.47 Å². The fourth-order valence-electron chi connectivity index (χ4n) is 6.08. The van der Waals surface area contributed by atoms with E-state index in [9.17, 15) is 0 Å². The molecule has 1 aliphatic carbocycles. The van der Waals surface area contributed by atoms with E-state index in [4.69, 9.17) is 14.5 Å². The summed E-state index contributed by atoms with van der Waals surface area (Å²) in [5.74, 6) is 2.26. The lowest BCUT2D eigenvalue weighted by Gasteiger charge is -2.34. The van der Waals surface area contributed by atoms with Crippen LogP contribution >= 0.6 is 0 Å². The van der Waals surface area contributed by atoms with E-state index in [2.05, 4.69) is 29.3 Å². The molecule has 2 fully saturated rings. The van der Waals surface area contributed by atoms with E-state index in [0.29, 0.717) is 5.92 Å². The molecule has 3 heterocycles. The van der Waals surface area contributed by atoms with E-state index in [0.717, 1.165) is 66.9 Å². The molecule has 1 aromatic carbocycles. The molecule has 5 nitrogen and oxygen atoms in total. The molecule has 5 rings (SSSR count). The first-order valence-electron chi connectivity index (χ1n) is 11.8. The van der Waals surface area contributed by atoms with Crippen LogP contribution in [0.4, 0.5) is 5.69 Å². The Bertz CT molecular complexity index is 912. The lowest BCUT2D eigenvalue weighted by molar-refractivity contribution is 0.130. The van der Waals surface area contributed by atoms with Gasteiger partial charge in [0.15, 0.2) is 11.5 Å². The number of benzene rings is 1. The summed E-state index contributed by atoms with van der Waals surface area (Å²) in [4.78, 5) is 7.74. The Hall–Kier alpha value is -2.01. The van der Waals surface area contributed by atoms with Crippen LogP contribution in [0, 0.1) is 5.92 Å². The molecule has 2 saturated heterocycles. The van der Waals surface area contributed by atoms with Crippen LogP contribution in [0.1, 0.15) is 56.7 Å². The topological polar surface area (TPSA) is 46.6 Å². The van der Waals surface area contributed by atoms with Crippen molar-refractivity contribution >= 4 is 16.6 Å². The summed E-state index contributed by atoms with van der Waals surface area (Å²) in [6.45, 7) is 4.17. The number of hydrogen-bond donors (Lipinski definition) is 1. The second-order valence-electron chi connectivity index (χ2n) is 9.45. The van der Waals surface area contributed by atoms with E-state index >= 15 is 0 Å². The summed E-state index contributed by atoms with van der Waals surface area (Å²) >= 11 is 0. The lowest BCUT2D eigenvalue weighted by atomic mass is 10.0. The molecule has 3 aliphatic rings. The van der Waals surface area contributed by atoms with Crippen molar-refractivity contribution in [2.24, 2.45) is 5.92 Å². The zero-order valence-electron chi connectivity index (χ0n) is 18.7. The first kappa shape index (κ1) is 19.9. The van der Waals surface area contributed by atoms with Crippen LogP contribution < -0.4 is 14.8 Å². The van der Waals surface area contributed by atoms with Crippen LogP contribution in [-0.2, 0) is 12.8 Å². The van der Waals surface area contributed by atoms with Gasteiger partial charge in [-0.3, -0.25) is 9.88 Å². The average Bonchev–Trinajstić information content (AvgIpc) is 3.21. The Morgan fingerprint density at radius 1 is 1.10 bits per heavy atom. The number of piperidine rings is 1. The lowest BCUT2D eigenvalue weighted by Crippen LogP contribution is -2.40. The monoisotopic (exact) mass is 409 g/mol. The molecule has 1 aromatic heterocycles. The Morgan fingerprint density at radius 3 is 2.63 bits per heavy atom. The number of anilines is 1. The number of fused-ring (bicyclic) bond motifs is 4. The van der Waals surface area contributed by atoms with Gasteiger partial charge in [0.25, 0.3) is 0 Å². The number of nitrogens with zero attached hydrogens (tertiary/aromatic N) is 2. The Labute approximate surface area is 180 Å². The minimum atomic E-state index is 0.652. The standard InChI is InChI=1S/C25H35N3O2/c1-16-12-19-21(13-16)27-22-15-24(23(29-3)14-20(22)25(19)26-2)30-11-5-10-28-17-6-4-7-18(28)9-8-17/h14-18H,4-13H2,1-3H3,(H,26,27). The Kier molecular flexibility index (Phi) is 5.48. The van der Waals surface area contributed by atoms with Gasteiger partial charge in [-0.15, -0.1) is 0 Å². The van der Waals surface area contributed by atoms with Gasteiger partial charge in [0.05, 0.1) is 19.2 Å². The number of rotatable bonds is 7. The minimum absolute atomic E-state index is 0.652. The van der Waals surface area contributed by atoms with Crippen LogP contribution in [0.15, 0.2) is 12.1 Å². The van der Waals surface area contributed by atoms with Gasteiger partial charge in [0.1, 0.15) is 0 Å². The number of methoxy groups -OCH3 is 1. The second-order valence-corrected chi connectivity index (χ2v) is 9.45. The van der Waals surface area contributed by atoms with Crippen LogP contribution in [-0.4, -0.2) is 49.3 Å². The van der Waals surface area contributed by atoms with E-state index in [1.165, 1.54) is 49.0 Å². The molecule has 2 bridgehead atoms. The Morgan fingerprint density at radius 2 is 1.90 bits per heavy atom. The molecule has 2 aromatic rings. The molecule has 0 spiro atoms. The highest BCUT2D eigenvalue weighted by Crippen LogP contribution is 2.40. The van der Waals surface area contributed by atoms with E-state index in [-0.39, 0.29) is 0 Å². The molecule has 0 saturated carbocycles. The zero-order valence-corrected chi connectivity index (χ0v) is 18.7. The van der Waals surface area contributed by atoms with E-state index in [1.54, 1.807) is 7.11 Å². The van der Waals surface area contributed by atoms with Crippen molar-refractivity contribution in [3.8, 4) is 11.5 Å². The van der Waals surface area contributed by atoms with E-state index < -0.39 is 0 Å². The van der Waals surface area contributed by atoms with Gasteiger partial charge in [0, 0.05) is 48.5 Å². The molecule has 162 valence electrons. The summed E-state index contributed by atoms with van der Waals surface area (Å²) in [5, 5.41) is 4.55. The van der Waals surface area contributed by atoms with E-state index in [1.807, 2.05) is 7.05 Å². The first-order valence-corrected chi connectivity index (χ1v) is 11.8. The molecule has 2 aliphatic heterocycles. The summed E-state index contributed by atoms with van der Waals surface area (Å²) in [7, 11) is 3.73. The van der Waals surface area contributed by atoms with Crippen molar-refractivity contribution in [2.75, 3.05) is 32.6 Å². The normalized spacial score (nSPS) is 25.5. The predicted octanol–water partition coefficient (Wildman–Crippen LogP) is 4.81. The van der Waals surface area contributed by atoms with Crippen molar-refractivity contribution in [2.45, 2.75) is 70.4 Å². The molecule has 30 heavy (non-hydrogen) atoms. The summed E-state index contributed by atoms with van der Waals surface area (Å²) in [6, 6.07) is 5.82. The van der Waals surface area contributed by atoms with Gasteiger partial charge < -0.3 is 14.8 Å². The minimum Gasteiger partial charge on any atom is -0.493 e. The molecule has 5 heteroatoms. The SMILES string of the molecule is CNc1c2c(nc3cc(OCCCN4C5CCCC4CC5)c(OC)cc13)CC(C)C2. The molecule has 1 N–H and O–H groups in total. The Balaban J connectivity index is 1.32. The predicted molar refractivity (Wildman–Crippen MR) is 122 cm³/mol. The van der Waals surface area contributed by atoms with Gasteiger partial charge in [-0.1, -0.05) is 13.3 Å². The quantitative estimate of drug-likeness (QED) is 0.665. The van der Waals surface area contributed by atoms with Gasteiger partial charge in [-0.2, -0.15) is 0 Å². The maximum Gasteiger partial charge on any atom is 0.163 e. The molecule has 0 radical (unpaired) electrons. The largest absolute Gasteiger partial charge is 0.493 e. The van der Waals surface area contributed by atoms with Gasteiger partial charge >= 0.3 is 0 Å². The number of hydrogen-bond acceptors (Lipinski definition) is 5.